The van der Waals surface area contributed by atoms with Crippen molar-refractivity contribution in [2.24, 2.45) is 18.7 Å². The van der Waals surface area contributed by atoms with Gasteiger partial charge in [-0.15, -0.1) is 0 Å². The monoisotopic (exact) mass is 418 g/mol. The number of carbonyl (C=O) groups excluding carboxylic acids is 1. The van der Waals surface area contributed by atoms with E-state index in [0.29, 0.717) is 24.3 Å². The summed E-state index contributed by atoms with van der Waals surface area (Å²) in [5.74, 6) is -0.148. The van der Waals surface area contributed by atoms with Gasteiger partial charge in [-0.25, -0.2) is 4.79 Å². The van der Waals surface area contributed by atoms with E-state index >= 15 is 0 Å². The van der Waals surface area contributed by atoms with Gasteiger partial charge in [0.25, 0.3) is 0 Å². The molecule has 31 heavy (non-hydrogen) atoms. The summed E-state index contributed by atoms with van der Waals surface area (Å²) in [7, 11) is 1.68. The third-order valence-electron chi connectivity index (χ3n) is 6.07. The van der Waals surface area contributed by atoms with Crippen LogP contribution in [-0.2, 0) is 18.3 Å². The molecule has 4 rings (SSSR count). The van der Waals surface area contributed by atoms with Crippen LogP contribution in [-0.4, -0.2) is 22.6 Å². The normalized spacial score (nSPS) is 19.3. The maximum atomic E-state index is 12.3. The minimum Gasteiger partial charge on any atom is -0.408 e. The van der Waals surface area contributed by atoms with Gasteiger partial charge >= 0.3 is 5.76 Å². The lowest BCUT2D eigenvalue weighted by Crippen LogP contribution is -2.36. The molecule has 0 radical (unpaired) electrons. The number of aryl methyl sites for hydroxylation is 1. The third-order valence-corrected chi connectivity index (χ3v) is 6.07. The molecule has 2 aromatic carbocycles. The zero-order chi connectivity index (χ0) is 22.0. The number of fused-ring (bicyclic) bond motifs is 1. The third kappa shape index (κ3) is 4.70. The summed E-state index contributed by atoms with van der Waals surface area (Å²) >= 11 is 0. The summed E-state index contributed by atoms with van der Waals surface area (Å²) in [4.78, 5) is 24.0. The minimum absolute atomic E-state index is 0.0821. The van der Waals surface area contributed by atoms with Crippen molar-refractivity contribution in [2.45, 2.75) is 44.2 Å². The number of aromatic nitrogens is 1. The fourth-order valence-electron chi connectivity index (χ4n) is 4.32. The molecule has 1 aliphatic rings. The zero-order valence-corrected chi connectivity index (χ0v) is 17.5. The summed E-state index contributed by atoms with van der Waals surface area (Å²) in [6.07, 6.45) is 3.71. The second kappa shape index (κ2) is 8.78. The van der Waals surface area contributed by atoms with Gasteiger partial charge < -0.3 is 15.5 Å². The van der Waals surface area contributed by atoms with Crippen molar-refractivity contribution in [3.63, 3.8) is 0 Å². The molecule has 1 unspecified atom stereocenters. The van der Waals surface area contributed by atoms with E-state index in [1.54, 1.807) is 13.1 Å². The number of nitrogens with zero attached hydrogens (tertiary/aromatic N) is 2. The number of amides is 1. The fraction of sp³-hybridized carbons (Fsp3) is 0.375. The fourth-order valence-corrected chi connectivity index (χ4v) is 4.32. The van der Waals surface area contributed by atoms with E-state index in [1.165, 1.54) is 4.57 Å². The SMILES string of the molecule is Cn1c(=O)oc2ccc(-c3ccc(CC(C#N)NC(=O)C[C@H]4CC[C@@H](N)C4)cc3)cc21. The Morgan fingerprint density at radius 2 is 2.00 bits per heavy atom. The maximum absolute atomic E-state index is 12.3. The molecule has 3 N–H and O–H groups in total. The first-order valence-corrected chi connectivity index (χ1v) is 10.6. The molecule has 3 aromatic rings. The first-order chi connectivity index (χ1) is 14.9. The highest BCUT2D eigenvalue weighted by Crippen LogP contribution is 2.27. The largest absolute Gasteiger partial charge is 0.419 e. The topological polar surface area (TPSA) is 114 Å². The Morgan fingerprint density at radius 1 is 1.26 bits per heavy atom. The quantitative estimate of drug-likeness (QED) is 0.639. The standard InChI is InChI=1S/C24H26N4O3/c1-28-21-13-18(7-9-22(21)31-24(28)30)17-5-2-15(3-6-17)11-20(14-25)27-23(29)12-16-4-8-19(26)10-16/h2-3,5-7,9,13,16,19-20H,4,8,10-12,26H2,1H3,(H,27,29)/t16-,19+,20?/m0/s1. The van der Waals surface area contributed by atoms with E-state index in [-0.39, 0.29) is 17.7 Å². The number of carbonyl (C=O) groups is 1. The second-order valence-electron chi connectivity index (χ2n) is 8.40. The molecular weight excluding hydrogens is 392 g/mol. The Labute approximate surface area is 180 Å². The van der Waals surface area contributed by atoms with Crippen LogP contribution < -0.4 is 16.8 Å². The molecule has 1 fully saturated rings. The van der Waals surface area contributed by atoms with Gasteiger partial charge in [-0.05, 0) is 54.0 Å². The van der Waals surface area contributed by atoms with E-state index in [2.05, 4.69) is 11.4 Å². The Balaban J connectivity index is 1.40. The zero-order valence-electron chi connectivity index (χ0n) is 17.5. The minimum atomic E-state index is -0.565. The molecule has 1 saturated carbocycles. The van der Waals surface area contributed by atoms with Gasteiger partial charge in [0.1, 0.15) is 6.04 Å². The molecule has 1 amide bonds. The van der Waals surface area contributed by atoms with Crippen molar-refractivity contribution in [2.75, 3.05) is 0 Å². The number of nitrogens with two attached hydrogens (primary N) is 1. The molecule has 1 aliphatic carbocycles. The van der Waals surface area contributed by atoms with E-state index in [9.17, 15) is 14.9 Å². The van der Waals surface area contributed by atoms with Crippen LogP contribution in [0.15, 0.2) is 51.7 Å². The lowest BCUT2D eigenvalue weighted by Gasteiger charge is -2.14. The predicted molar refractivity (Wildman–Crippen MR) is 118 cm³/mol. The van der Waals surface area contributed by atoms with Gasteiger partial charge in [-0.3, -0.25) is 9.36 Å². The van der Waals surface area contributed by atoms with Gasteiger partial charge in [0.15, 0.2) is 5.58 Å². The number of oxazole rings is 1. The van der Waals surface area contributed by atoms with Crippen LogP contribution in [0.5, 0.6) is 0 Å². The molecule has 3 atom stereocenters. The smallest absolute Gasteiger partial charge is 0.408 e. The Kier molecular flexibility index (Phi) is 5.92. The molecule has 160 valence electrons. The molecule has 0 aliphatic heterocycles. The number of nitrogens with one attached hydrogen (secondary N) is 1. The summed E-state index contributed by atoms with van der Waals surface area (Å²) in [6.45, 7) is 0. The van der Waals surface area contributed by atoms with Crippen molar-refractivity contribution >= 4 is 17.0 Å². The molecule has 0 spiro atoms. The Bertz CT molecular complexity index is 1190. The average Bonchev–Trinajstić information content (AvgIpc) is 3.29. The summed E-state index contributed by atoms with van der Waals surface area (Å²) in [5, 5.41) is 12.3. The predicted octanol–water partition coefficient (Wildman–Crippen LogP) is 2.87. The number of benzene rings is 2. The number of hydrogen-bond donors (Lipinski definition) is 2. The first-order valence-electron chi connectivity index (χ1n) is 10.6. The molecule has 0 bridgehead atoms. The summed E-state index contributed by atoms with van der Waals surface area (Å²) in [6, 6.07) is 15.3. The summed E-state index contributed by atoms with van der Waals surface area (Å²) in [5.41, 5.74) is 10.1. The van der Waals surface area contributed by atoms with E-state index in [4.69, 9.17) is 10.2 Å². The molecule has 7 nitrogen and oxygen atoms in total. The van der Waals surface area contributed by atoms with E-state index in [1.807, 2.05) is 36.4 Å². The maximum Gasteiger partial charge on any atom is 0.419 e. The lowest BCUT2D eigenvalue weighted by atomic mass is 10.00. The highest BCUT2D eigenvalue weighted by atomic mass is 16.4. The Hall–Kier alpha value is -3.37. The Morgan fingerprint density at radius 3 is 2.68 bits per heavy atom. The number of hydrogen-bond acceptors (Lipinski definition) is 5. The van der Waals surface area contributed by atoms with Crippen molar-refractivity contribution < 1.29 is 9.21 Å². The molecule has 7 heteroatoms. The molecule has 0 saturated heterocycles. The van der Waals surface area contributed by atoms with Gasteiger partial charge in [0.05, 0.1) is 11.6 Å². The molecule has 1 aromatic heterocycles. The van der Waals surface area contributed by atoms with Crippen LogP contribution in [0.1, 0.15) is 31.2 Å². The first kappa shape index (κ1) is 20.9. The van der Waals surface area contributed by atoms with E-state index in [0.717, 1.165) is 41.5 Å². The van der Waals surface area contributed by atoms with Crippen LogP contribution >= 0.6 is 0 Å². The van der Waals surface area contributed by atoms with Crippen LogP contribution in [0.3, 0.4) is 0 Å². The van der Waals surface area contributed by atoms with Crippen molar-refractivity contribution in [3.8, 4) is 17.2 Å². The van der Waals surface area contributed by atoms with Crippen LogP contribution in [0, 0.1) is 17.2 Å². The van der Waals surface area contributed by atoms with Gasteiger partial charge in [0.2, 0.25) is 5.91 Å². The van der Waals surface area contributed by atoms with Gasteiger partial charge in [-0.2, -0.15) is 5.26 Å². The molecular formula is C24H26N4O3. The van der Waals surface area contributed by atoms with Crippen LogP contribution in [0.4, 0.5) is 0 Å². The second-order valence-corrected chi connectivity index (χ2v) is 8.40. The summed E-state index contributed by atoms with van der Waals surface area (Å²) < 4.78 is 6.66. The number of nitriles is 1. The van der Waals surface area contributed by atoms with Crippen molar-refractivity contribution in [1.29, 1.82) is 5.26 Å². The van der Waals surface area contributed by atoms with Gasteiger partial charge in [-0.1, -0.05) is 30.3 Å². The lowest BCUT2D eigenvalue weighted by molar-refractivity contribution is -0.122. The van der Waals surface area contributed by atoms with E-state index < -0.39 is 6.04 Å². The number of rotatable bonds is 6. The van der Waals surface area contributed by atoms with Crippen LogP contribution in [0.25, 0.3) is 22.2 Å². The van der Waals surface area contributed by atoms with Crippen molar-refractivity contribution in [1.82, 2.24) is 9.88 Å². The highest BCUT2D eigenvalue weighted by Gasteiger charge is 2.24. The highest BCUT2D eigenvalue weighted by molar-refractivity contribution is 5.80. The van der Waals surface area contributed by atoms with Crippen LogP contribution in [0.2, 0.25) is 0 Å². The average molecular weight is 418 g/mol. The van der Waals surface area contributed by atoms with Gasteiger partial charge in [0, 0.05) is 25.9 Å². The molecule has 1 heterocycles. The van der Waals surface area contributed by atoms with Crippen molar-refractivity contribution in [3.05, 3.63) is 58.6 Å².